The van der Waals surface area contributed by atoms with Gasteiger partial charge in [-0.1, -0.05) is 48.5 Å². The molecule has 0 aliphatic heterocycles. The van der Waals surface area contributed by atoms with Gasteiger partial charge in [0, 0.05) is 28.2 Å². The van der Waals surface area contributed by atoms with Crippen LogP contribution in [0.4, 0.5) is 10.3 Å². The van der Waals surface area contributed by atoms with Gasteiger partial charge in [-0.3, -0.25) is 0 Å². The summed E-state index contributed by atoms with van der Waals surface area (Å²) in [4.78, 5) is 7.63. The Hall–Kier alpha value is -3.93. The molecule has 0 spiro atoms. The number of nitrogens with zero attached hydrogens (tertiary/aromatic N) is 3. The monoisotopic (exact) mass is 383 g/mol. The summed E-state index contributed by atoms with van der Waals surface area (Å²) in [7, 11) is 0. The third-order valence-corrected chi connectivity index (χ3v) is 4.88. The lowest BCUT2D eigenvalue weighted by Crippen LogP contribution is -2.00. The van der Waals surface area contributed by atoms with Crippen molar-refractivity contribution in [2.24, 2.45) is 5.10 Å². The first-order valence-electron chi connectivity index (χ1n) is 9.33. The summed E-state index contributed by atoms with van der Waals surface area (Å²) < 4.78 is 16.1. The zero-order valence-electron chi connectivity index (χ0n) is 15.5. The van der Waals surface area contributed by atoms with E-state index >= 15 is 0 Å². The first-order chi connectivity index (χ1) is 14.3. The number of para-hydroxylation sites is 3. The van der Waals surface area contributed by atoms with Gasteiger partial charge in [-0.25, -0.2) is 14.8 Å². The number of rotatable bonds is 5. The minimum absolute atomic E-state index is 0.202. The third-order valence-electron chi connectivity index (χ3n) is 4.88. The molecule has 0 aliphatic rings. The highest BCUT2D eigenvalue weighted by Crippen LogP contribution is 2.22. The summed E-state index contributed by atoms with van der Waals surface area (Å²) in [5, 5.41) is 5.39. The molecule has 5 rings (SSSR count). The van der Waals surface area contributed by atoms with Gasteiger partial charge in [0.1, 0.15) is 5.82 Å². The Morgan fingerprint density at radius 1 is 1.00 bits per heavy atom. The highest BCUT2D eigenvalue weighted by molar-refractivity contribution is 5.99. The number of hydrogen-bond donors (Lipinski definition) is 2. The number of benzene rings is 3. The van der Waals surface area contributed by atoms with Gasteiger partial charge >= 0.3 is 0 Å². The number of imidazole rings is 1. The first kappa shape index (κ1) is 17.2. The zero-order valence-corrected chi connectivity index (χ0v) is 15.5. The Kier molecular flexibility index (Phi) is 4.29. The second-order valence-electron chi connectivity index (χ2n) is 6.79. The van der Waals surface area contributed by atoms with E-state index < -0.39 is 0 Å². The SMILES string of the molecule is Fc1ccccc1Cn1cc(C=NNc2nc3ccccc3[nH]2)c2ccccc21. The molecule has 5 nitrogen and oxygen atoms in total. The Morgan fingerprint density at radius 3 is 2.69 bits per heavy atom. The van der Waals surface area contributed by atoms with Gasteiger partial charge in [0.25, 0.3) is 0 Å². The lowest BCUT2D eigenvalue weighted by atomic mass is 10.2. The van der Waals surface area contributed by atoms with Crippen LogP contribution in [0.1, 0.15) is 11.1 Å². The summed E-state index contributed by atoms with van der Waals surface area (Å²) in [6, 6.07) is 22.7. The van der Waals surface area contributed by atoms with Gasteiger partial charge in [-0.2, -0.15) is 5.10 Å². The van der Waals surface area contributed by atoms with Gasteiger partial charge in [0.05, 0.1) is 23.8 Å². The summed E-state index contributed by atoms with van der Waals surface area (Å²) in [5.74, 6) is 0.379. The smallest absolute Gasteiger partial charge is 0.222 e. The highest BCUT2D eigenvalue weighted by atomic mass is 19.1. The molecule has 0 aliphatic carbocycles. The van der Waals surface area contributed by atoms with Crippen LogP contribution in [0.3, 0.4) is 0 Å². The van der Waals surface area contributed by atoms with E-state index in [0.717, 1.165) is 27.5 Å². The molecule has 3 aromatic carbocycles. The quantitative estimate of drug-likeness (QED) is 0.326. The van der Waals surface area contributed by atoms with Crippen molar-refractivity contribution < 1.29 is 4.39 Å². The van der Waals surface area contributed by atoms with Crippen LogP contribution >= 0.6 is 0 Å². The number of halogens is 1. The highest BCUT2D eigenvalue weighted by Gasteiger charge is 2.09. The molecule has 0 fully saturated rings. The summed E-state index contributed by atoms with van der Waals surface area (Å²) in [6.07, 6.45) is 3.74. The van der Waals surface area contributed by atoms with Crippen molar-refractivity contribution in [1.29, 1.82) is 0 Å². The number of aromatic nitrogens is 3. The lowest BCUT2D eigenvalue weighted by molar-refractivity contribution is 0.602. The molecule has 6 heteroatoms. The topological polar surface area (TPSA) is 58.0 Å². The van der Waals surface area contributed by atoms with Crippen LogP contribution in [-0.2, 0) is 6.54 Å². The van der Waals surface area contributed by atoms with Crippen LogP contribution < -0.4 is 5.43 Å². The molecule has 0 radical (unpaired) electrons. The Balaban J connectivity index is 1.44. The molecule has 2 N–H and O–H groups in total. The minimum Gasteiger partial charge on any atom is -0.342 e. The average molecular weight is 383 g/mol. The molecule has 0 saturated heterocycles. The maximum Gasteiger partial charge on any atom is 0.222 e. The normalized spacial score (nSPS) is 11.6. The Bertz CT molecular complexity index is 1300. The number of hydrazone groups is 1. The van der Waals surface area contributed by atoms with E-state index in [-0.39, 0.29) is 5.82 Å². The molecule has 0 saturated carbocycles. The molecule has 29 heavy (non-hydrogen) atoms. The molecule has 142 valence electrons. The predicted molar refractivity (Wildman–Crippen MR) is 115 cm³/mol. The number of nitrogens with one attached hydrogen (secondary N) is 2. The fraction of sp³-hybridized carbons (Fsp3) is 0.0435. The number of H-pyrrole nitrogens is 1. The van der Waals surface area contributed by atoms with Gasteiger partial charge in [-0.05, 0) is 24.3 Å². The number of hydrogen-bond acceptors (Lipinski definition) is 3. The minimum atomic E-state index is -0.202. The summed E-state index contributed by atoms with van der Waals surface area (Å²) in [6.45, 7) is 0.456. The molecule has 2 heterocycles. The van der Waals surface area contributed by atoms with Gasteiger partial charge < -0.3 is 9.55 Å². The molecule has 5 aromatic rings. The molecule has 0 amide bonds. The van der Waals surface area contributed by atoms with Gasteiger partial charge in [0.15, 0.2) is 0 Å². The number of aromatic amines is 1. The fourth-order valence-electron chi connectivity index (χ4n) is 3.49. The molecule has 0 atom stereocenters. The molecule has 2 aromatic heterocycles. The van der Waals surface area contributed by atoms with Crippen molar-refractivity contribution in [2.75, 3.05) is 5.43 Å². The average Bonchev–Trinajstić information content (AvgIpc) is 3.31. The Labute approximate surface area is 166 Å². The van der Waals surface area contributed by atoms with Crippen LogP contribution in [0.25, 0.3) is 21.9 Å². The molecular weight excluding hydrogens is 365 g/mol. The van der Waals surface area contributed by atoms with Crippen LogP contribution in [0.15, 0.2) is 84.1 Å². The first-order valence-corrected chi connectivity index (χ1v) is 9.33. The summed E-state index contributed by atoms with van der Waals surface area (Å²) in [5.41, 5.74) is 7.40. The second-order valence-corrected chi connectivity index (χ2v) is 6.79. The van der Waals surface area contributed by atoms with E-state index in [2.05, 4.69) is 20.5 Å². The lowest BCUT2D eigenvalue weighted by Gasteiger charge is -2.06. The van der Waals surface area contributed by atoms with Gasteiger partial charge in [0.2, 0.25) is 5.95 Å². The zero-order chi connectivity index (χ0) is 19.6. The van der Waals surface area contributed by atoms with Crippen molar-refractivity contribution in [2.45, 2.75) is 6.54 Å². The van der Waals surface area contributed by atoms with Crippen molar-refractivity contribution >= 4 is 34.1 Å². The molecular formula is C23H18FN5. The Morgan fingerprint density at radius 2 is 1.79 bits per heavy atom. The number of anilines is 1. The maximum absolute atomic E-state index is 14.1. The molecule has 0 bridgehead atoms. The van der Waals surface area contributed by atoms with E-state index in [0.29, 0.717) is 18.1 Å². The fourth-order valence-corrected chi connectivity index (χ4v) is 3.49. The number of fused-ring (bicyclic) bond motifs is 2. The third kappa shape index (κ3) is 3.36. The van der Waals surface area contributed by atoms with E-state index in [1.165, 1.54) is 6.07 Å². The predicted octanol–water partition coefficient (Wildman–Crippen LogP) is 5.15. The standard InChI is InChI=1S/C23H18FN5/c24-19-9-3-1-7-16(19)14-29-15-17(18-8-2-6-12-22(18)29)13-25-28-23-26-20-10-4-5-11-21(20)27-23/h1-13,15H,14H2,(H2,26,27,28). The van der Waals surface area contributed by atoms with Crippen molar-refractivity contribution in [1.82, 2.24) is 14.5 Å². The maximum atomic E-state index is 14.1. The van der Waals surface area contributed by atoms with E-state index in [9.17, 15) is 4.39 Å². The largest absolute Gasteiger partial charge is 0.342 e. The molecule has 0 unspecified atom stereocenters. The van der Waals surface area contributed by atoms with E-state index in [1.54, 1.807) is 18.3 Å². The van der Waals surface area contributed by atoms with Crippen molar-refractivity contribution in [3.05, 3.63) is 95.9 Å². The van der Waals surface area contributed by atoms with Gasteiger partial charge in [-0.15, -0.1) is 0 Å². The second kappa shape index (κ2) is 7.24. The van der Waals surface area contributed by atoms with Crippen molar-refractivity contribution in [3.63, 3.8) is 0 Å². The van der Waals surface area contributed by atoms with Crippen LogP contribution in [0.5, 0.6) is 0 Å². The van der Waals surface area contributed by atoms with Crippen LogP contribution in [0, 0.1) is 5.82 Å². The van der Waals surface area contributed by atoms with Crippen LogP contribution in [0.2, 0.25) is 0 Å². The van der Waals surface area contributed by atoms with Crippen LogP contribution in [-0.4, -0.2) is 20.7 Å². The summed E-state index contributed by atoms with van der Waals surface area (Å²) >= 11 is 0. The van der Waals surface area contributed by atoms with E-state index in [4.69, 9.17) is 0 Å². The van der Waals surface area contributed by atoms with E-state index in [1.807, 2.05) is 65.4 Å². The van der Waals surface area contributed by atoms with Crippen molar-refractivity contribution in [3.8, 4) is 0 Å².